The van der Waals surface area contributed by atoms with Crippen LogP contribution in [0.3, 0.4) is 0 Å². The van der Waals surface area contributed by atoms with Crippen molar-refractivity contribution in [2.24, 2.45) is 0 Å². The highest BCUT2D eigenvalue weighted by Gasteiger charge is 2.08. The lowest BCUT2D eigenvalue weighted by molar-refractivity contribution is 0.0702. The number of carbonyl (C=O) groups is 1. The Labute approximate surface area is 112 Å². The summed E-state index contributed by atoms with van der Waals surface area (Å²) < 4.78 is 0. The first-order valence-electron chi connectivity index (χ1n) is 5.53. The van der Waals surface area contributed by atoms with Gasteiger partial charge in [-0.2, -0.15) is 0 Å². The van der Waals surface area contributed by atoms with Crippen molar-refractivity contribution in [3.8, 4) is 0 Å². The summed E-state index contributed by atoms with van der Waals surface area (Å²) in [7, 11) is 0. The molecule has 2 aromatic heterocycles. The first-order chi connectivity index (χ1) is 9.22. The first-order valence-corrected chi connectivity index (χ1v) is 6.35. The van der Waals surface area contributed by atoms with Gasteiger partial charge in [-0.05, 0) is 24.3 Å². The molecule has 2 heterocycles. The topological polar surface area (TPSA) is 75.1 Å². The molecule has 0 fully saturated rings. The molecule has 6 heteroatoms. The predicted molar refractivity (Wildman–Crippen MR) is 74.1 cm³/mol. The lowest BCUT2D eigenvalue weighted by Crippen LogP contribution is -1.90. The minimum Gasteiger partial charge on any atom is -0.477 e. The van der Waals surface area contributed by atoms with Crippen molar-refractivity contribution >= 4 is 39.0 Å². The zero-order valence-electron chi connectivity index (χ0n) is 9.70. The molecule has 0 saturated carbocycles. The van der Waals surface area contributed by atoms with E-state index in [1.54, 1.807) is 6.20 Å². The largest absolute Gasteiger partial charge is 0.477 e. The van der Waals surface area contributed by atoms with Gasteiger partial charge >= 0.3 is 5.97 Å². The maximum atomic E-state index is 10.8. The van der Waals surface area contributed by atoms with Crippen LogP contribution >= 0.6 is 11.3 Å². The number of carboxylic acids is 1. The smallest absolute Gasteiger partial charge is 0.347 e. The number of aromatic carboxylic acids is 1. The number of anilines is 2. The SMILES string of the molecule is O=C(O)c1cnc(Nc2ccc3ncccc3c2)s1. The molecule has 0 aliphatic rings. The van der Waals surface area contributed by atoms with Crippen molar-refractivity contribution in [1.82, 2.24) is 9.97 Å². The van der Waals surface area contributed by atoms with Crippen LogP contribution in [-0.4, -0.2) is 21.0 Å². The number of hydrogen-bond donors (Lipinski definition) is 2. The Hall–Kier alpha value is -2.47. The van der Waals surface area contributed by atoms with E-state index in [2.05, 4.69) is 15.3 Å². The molecule has 0 spiro atoms. The van der Waals surface area contributed by atoms with Crippen molar-refractivity contribution in [2.45, 2.75) is 0 Å². The van der Waals surface area contributed by atoms with Crippen molar-refractivity contribution in [3.05, 3.63) is 47.6 Å². The summed E-state index contributed by atoms with van der Waals surface area (Å²) in [5.74, 6) is -0.965. The van der Waals surface area contributed by atoms with Crippen LogP contribution in [0.15, 0.2) is 42.7 Å². The van der Waals surface area contributed by atoms with Gasteiger partial charge in [0.05, 0.1) is 11.7 Å². The number of nitrogens with zero attached hydrogens (tertiary/aromatic N) is 2. The van der Waals surface area contributed by atoms with Gasteiger partial charge in [0.15, 0.2) is 5.13 Å². The zero-order valence-corrected chi connectivity index (χ0v) is 10.5. The van der Waals surface area contributed by atoms with Crippen LogP contribution in [0.4, 0.5) is 10.8 Å². The number of rotatable bonds is 3. The molecule has 0 atom stereocenters. The fourth-order valence-corrected chi connectivity index (χ4v) is 2.38. The normalized spacial score (nSPS) is 10.5. The molecule has 94 valence electrons. The maximum absolute atomic E-state index is 10.8. The predicted octanol–water partition coefficient (Wildman–Crippen LogP) is 3.13. The maximum Gasteiger partial charge on any atom is 0.347 e. The zero-order chi connectivity index (χ0) is 13.2. The molecule has 0 saturated heterocycles. The lowest BCUT2D eigenvalue weighted by Gasteiger charge is -2.03. The van der Waals surface area contributed by atoms with E-state index in [1.165, 1.54) is 6.20 Å². The summed E-state index contributed by atoms with van der Waals surface area (Å²) in [4.78, 5) is 19.3. The third kappa shape index (κ3) is 2.38. The molecular weight excluding hydrogens is 262 g/mol. The van der Waals surface area contributed by atoms with Gasteiger partial charge in [-0.3, -0.25) is 4.98 Å². The van der Waals surface area contributed by atoms with Crippen LogP contribution in [-0.2, 0) is 0 Å². The minimum atomic E-state index is -0.965. The number of aromatic nitrogens is 2. The Bertz CT molecular complexity index is 754. The van der Waals surface area contributed by atoms with E-state index in [0.717, 1.165) is 27.9 Å². The summed E-state index contributed by atoms with van der Waals surface area (Å²) in [5, 5.41) is 13.5. The molecule has 5 nitrogen and oxygen atoms in total. The van der Waals surface area contributed by atoms with Crippen molar-refractivity contribution in [2.75, 3.05) is 5.32 Å². The molecule has 19 heavy (non-hydrogen) atoms. The Balaban J connectivity index is 1.89. The highest BCUT2D eigenvalue weighted by molar-refractivity contribution is 7.17. The quantitative estimate of drug-likeness (QED) is 0.765. The van der Waals surface area contributed by atoms with Crippen LogP contribution in [0.25, 0.3) is 10.9 Å². The molecule has 0 bridgehead atoms. The molecule has 0 aliphatic carbocycles. The fourth-order valence-electron chi connectivity index (χ4n) is 1.71. The highest BCUT2D eigenvalue weighted by Crippen LogP contribution is 2.24. The second kappa shape index (κ2) is 4.66. The van der Waals surface area contributed by atoms with E-state index in [4.69, 9.17) is 5.11 Å². The second-order valence-electron chi connectivity index (χ2n) is 3.87. The number of carboxylic acid groups (broad SMARTS) is 1. The van der Waals surface area contributed by atoms with E-state index in [0.29, 0.717) is 5.13 Å². The minimum absolute atomic E-state index is 0.213. The molecule has 0 aliphatic heterocycles. The van der Waals surface area contributed by atoms with Crippen LogP contribution in [0.1, 0.15) is 9.67 Å². The van der Waals surface area contributed by atoms with Crippen molar-refractivity contribution in [1.29, 1.82) is 0 Å². The van der Waals surface area contributed by atoms with Gasteiger partial charge in [-0.1, -0.05) is 17.4 Å². The fraction of sp³-hybridized carbons (Fsp3) is 0. The average molecular weight is 271 g/mol. The molecule has 0 unspecified atom stereocenters. The number of fused-ring (bicyclic) bond motifs is 1. The number of benzene rings is 1. The van der Waals surface area contributed by atoms with Gasteiger partial charge in [-0.25, -0.2) is 9.78 Å². The first kappa shape index (κ1) is 11.6. The van der Waals surface area contributed by atoms with E-state index >= 15 is 0 Å². The van der Waals surface area contributed by atoms with E-state index in [9.17, 15) is 4.79 Å². The van der Waals surface area contributed by atoms with Crippen LogP contribution in [0, 0.1) is 0 Å². The third-order valence-electron chi connectivity index (χ3n) is 2.57. The van der Waals surface area contributed by atoms with E-state index in [-0.39, 0.29) is 4.88 Å². The summed E-state index contributed by atoms with van der Waals surface area (Å²) in [5.41, 5.74) is 1.77. The molecule has 0 amide bonds. The Morgan fingerprint density at radius 1 is 1.26 bits per heavy atom. The molecular formula is C13H9N3O2S. The van der Waals surface area contributed by atoms with E-state index < -0.39 is 5.97 Å². The lowest BCUT2D eigenvalue weighted by atomic mass is 10.2. The summed E-state index contributed by atoms with van der Waals surface area (Å²) in [6.07, 6.45) is 3.09. The molecule has 0 radical (unpaired) electrons. The van der Waals surface area contributed by atoms with Crippen LogP contribution in [0.2, 0.25) is 0 Å². The molecule has 1 aromatic carbocycles. The monoisotopic (exact) mass is 271 g/mol. The highest BCUT2D eigenvalue weighted by atomic mass is 32.1. The van der Waals surface area contributed by atoms with Crippen LogP contribution in [0.5, 0.6) is 0 Å². The standard InChI is InChI=1S/C13H9N3O2S/c17-12(18)11-7-15-13(19-11)16-9-3-4-10-8(6-9)2-1-5-14-10/h1-7H,(H,15,16)(H,17,18). The molecule has 3 aromatic rings. The van der Waals surface area contributed by atoms with Gasteiger partial charge in [0.25, 0.3) is 0 Å². The Morgan fingerprint density at radius 2 is 2.16 bits per heavy atom. The number of nitrogens with one attached hydrogen (secondary N) is 1. The van der Waals surface area contributed by atoms with E-state index in [1.807, 2.05) is 30.3 Å². The molecule has 3 rings (SSSR count). The summed E-state index contributed by atoms with van der Waals surface area (Å²) in [6.45, 7) is 0. The Morgan fingerprint density at radius 3 is 2.95 bits per heavy atom. The number of hydrogen-bond acceptors (Lipinski definition) is 5. The summed E-state index contributed by atoms with van der Waals surface area (Å²) in [6, 6.07) is 9.58. The Kier molecular flexibility index (Phi) is 2.85. The number of pyridine rings is 1. The number of thiazole rings is 1. The third-order valence-corrected chi connectivity index (χ3v) is 3.47. The van der Waals surface area contributed by atoms with Crippen molar-refractivity contribution in [3.63, 3.8) is 0 Å². The van der Waals surface area contributed by atoms with Gasteiger partial charge in [0.2, 0.25) is 0 Å². The summed E-state index contributed by atoms with van der Waals surface area (Å²) >= 11 is 1.10. The van der Waals surface area contributed by atoms with Gasteiger partial charge in [0, 0.05) is 17.3 Å². The molecule has 2 N–H and O–H groups in total. The van der Waals surface area contributed by atoms with Gasteiger partial charge in [0.1, 0.15) is 4.88 Å². The van der Waals surface area contributed by atoms with Crippen LogP contribution < -0.4 is 5.32 Å². The van der Waals surface area contributed by atoms with Crippen molar-refractivity contribution < 1.29 is 9.90 Å². The van der Waals surface area contributed by atoms with Gasteiger partial charge in [-0.15, -0.1) is 0 Å². The second-order valence-corrected chi connectivity index (χ2v) is 4.90. The van der Waals surface area contributed by atoms with Gasteiger partial charge < -0.3 is 10.4 Å². The average Bonchev–Trinajstić information content (AvgIpc) is 2.87.